The van der Waals surface area contributed by atoms with Crippen LogP contribution in [0.3, 0.4) is 0 Å². The van der Waals surface area contributed by atoms with Gasteiger partial charge in [-0.15, -0.1) is 0 Å². The van der Waals surface area contributed by atoms with Crippen molar-refractivity contribution in [3.63, 3.8) is 0 Å². The van der Waals surface area contributed by atoms with E-state index in [1.165, 1.54) is 0 Å². The normalized spacial score (nSPS) is 10.6. The maximum absolute atomic E-state index is 12.9. The molecule has 0 N–H and O–H groups in total. The van der Waals surface area contributed by atoms with Gasteiger partial charge in [-0.25, -0.2) is 0 Å². The van der Waals surface area contributed by atoms with Crippen LogP contribution in [0.4, 0.5) is 0 Å². The molecule has 4 aromatic carbocycles. The Hall–Kier alpha value is -2.89. The summed E-state index contributed by atoms with van der Waals surface area (Å²) < 4.78 is 0. The van der Waals surface area contributed by atoms with Crippen molar-refractivity contribution in [1.82, 2.24) is 4.90 Å². The molecule has 0 aliphatic rings. The summed E-state index contributed by atoms with van der Waals surface area (Å²) in [4.78, 5) is 36.9. The van der Waals surface area contributed by atoms with Gasteiger partial charge in [0.2, 0.25) is 0 Å². The molecule has 0 heterocycles. The van der Waals surface area contributed by atoms with E-state index in [0.717, 1.165) is 21.9 Å². The van der Waals surface area contributed by atoms with Gasteiger partial charge in [0.15, 0.2) is 0 Å². The van der Waals surface area contributed by atoms with Gasteiger partial charge in [-0.05, 0) is 46.0 Å². The van der Waals surface area contributed by atoms with Gasteiger partial charge in [-0.3, -0.25) is 4.79 Å². The predicted molar refractivity (Wildman–Crippen MR) is 132 cm³/mol. The number of carboxylic acid groups (broad SMARTS) is 2. The van der Waals surface area contributed by atoms with Crippen LogP contribution in [-0.4, -0.2) is 35.3 Å². The molecule has 1 atom stereocenters. The fourth-order valence-electron chi connectivity index (χ4n) is 3.94. The molecule has 6 nitrogen and oxygen atoms in total. The fraction of sp³-hybridized carbons (Fsp3) is 0.100. The number of hydrogen-bond donors (Lipinski definition) is 0. The summed E-state index contributed by atoms with van der Waals surface area (Å²) in [6.07, 6.45) is -0.145. The second-order valence-corrected chi connectivity index (χ2v) is 8.22. The van der Waals surface area contributed by atoms with Crippen molar-refractivity contribution in [2.75, 3.05) is 6.54 Å². The monoisotopic (exact) mass is 521 g/mol. The molecular formula is C30H21NNa2O5. The largest absolute Gasteiger partial charge is 1.00 e. The number of carbonyl (C=O) groups excluding carboxylic acids is 3. The Morgan fingerprint density at radius 2 is 1.34 bits per heavy atom. The van der Waals surface area contributed by atoms with Gasteiger partial charge in [0.05, 0.1) is 24.5 Å². The van der Waals surface area contributed by atoms with Crippen LogP contribution in [0.5, 0.6) is 0 Å². The average molecular weight is 521 g/mol. The third kappa shape index (κ3) is 8.31. The summed E-state index contributed by atoms with van der Waals surface area (Å²) in [6, 6.07) is 28.3. The molecule has 4 rings (SSSR count). The summed E-state index contributed by atoms with van der Waals surface area (Å²) in [6.45, 7) is -0.925. The van der Waals surface area contributed by atoms with Crippen LogP contribution in [0.15, 0.2) is 97.1 Å². The van der Waals surface area contributed by atoms with Crippen molar-refractivity contribution >= 4 is 28.6 Å². The molecule has 1 unspecified atom stereocenters. The van der Waals surface area contributed by atoms with Crippen LogP contribution in [0.1, 0.15) is 11.1 Å². The Morgan fingerprint density at radius 3 is 1.97 bits per heavy atom. The number of hydrogen-bond acceptors (Lipinski definition) is 5. The third-order valence-corrected chi connectivity index (χ3v) is 5.76. The molecule has 0 aliphatic carbocycles. The number of carboxylic acids is 2. The van der Waals surface area contributed by atoms with Crippen molar-refractivity contribution in [1.29, 1.82) is 0 Å². The van der Waals surface area contributed by atoms with Gasteiger partial charge in [0, 0.05) is 11.5 Å². The molecule has 0 spiro atoms. The average Bonchev–Trinajstić information content (AvgIpc) is 2.89. The Morgan fingerprint density at radius 1 is 0.737 bits per heavy atom. The van der Waals surface area contributed by atoms with Gasteiger partial charge < -0.3 is 24.7 Å². The number of benzene rings is 4. The van der Waals surface area contributed by atoms with E-state index in [1.807, 2.05) is 72.8 Å². The molecule has 0 aliphatic heterocycles. The first kappa shape index (κ1) is 31.3. The summed E-state index contributed by atoms with van der Waals surface area (Å²) >= 11 is 0. The Labute approximate surface area is 265 Å². The van der Waals surface area contributed by atoms with Gasteiger partial charge >= 0.3 is 59.1 Å². The Bertz CT molecular complexity index is 1480. The molecule has 1 amide bonds. The van der Waals surface area contributed by atoms with Crippen LogP contribution in [0.2, 0.25) is 0 Å². The van der Waals surface area contributed by atoms with Crippen molar-refractivity contribution in [3.8, 4) is 23.0 Å². The third-order valence-electron chi connectivity index (χ3n) is 5.76. The van der Waals surface area contributed by atoms with E-state index in [-0.39, 0.29) is 65.5 Å². The SMILES string of the molecule is O=C([O-])CN(C(=O)C#Cc1ccc2ccccc2c1)C(Cc1ccc(-c2ccccc2)cc1)C(=O)[O-].[Na+].[Na+]. The zero-order valence-corrected chi connectivity index (χ0v) is 25.2. The zero-order valence-electron chi connectivity index (χ0n) is 21.2. The number of nitrogens with zero attached hydrogens (tertiary/aromatic N) is 1. The van der Waals surface area contributed by atoms with Gasteiger partial charge in [-0.2, -0.15) is 0 Å². The van der Waals surface area contributed by atoms with E-state index >= 15 is 0 Å². The summed E-state index contributed by atoms with van der Waals surface area (Å²) in [7, 11) is 0. The van der Waals surface area contributed by atoms with Crippen LogP contribution < -0.4 is 69.3 Å². The summed E-state index contributed by atoms with van der Waals surface area (Å²) in [5, 5.41) is 25.3. The molecule has 8 heteroatoms. The van der Waals surface area contributed by atoms with Crippen molar-refractivity contribution in [2.24, 2.45) is 0 Å². The van der Waals surface area contributed by atoms with Gasteiger partial charge in [-0.1, -0.05) is 90.8 Å². The molecule has 0 saturated heterocycles. The smallest absolute Gasteiger partial charge is 0.548 e. The van der Waals surface area contributed by atoms with Crippen molar-refractivity contribution in [3.05, 3.63) is 108 Å². The van der Waals surface area contributed by atoms with Gasteiger partial charge in [0.1, 0.15) is 0 Å². The van der Waals surface area contributed by atoms with E-state index in [0.29, 0.717) is 16.0 Å². The Balaban J connectivity index is 0.00000253. The van der Waals surface area contributed by atoms with E-state index in [2.05, 4.69) is 11.8 Å². The standard InChI is InChI=1S/C30H23NO5.2Na/c32-28(17-13-21-10-14-24-8-4-5-9-26(24)18-21)31(20-29(33)34)27(30(35)36)19-22-11-15-25(16-12-22)23-6-2-1-3-7-23;;/h1-12,14-16,18,27H,19-20H2,(H,33,34)(H,35,36);;/q;2*+1/p-2. The molecule has 4 aromatic rings. The zero-order chi connectivity index (χ0) is 25.5. The quantitative estimate of drug-likeness (QED) is 0.182. The van der Waals surface area contributed by atoms with E-state index in [1.54, 1.807) is 24.3 Å². The van der Waals surface area contributed by atoms with Crippen molar-refractivity contribution < 1.29 is 83.7 Å². The number of amides is 1. The van der Waals surface area contributed by atoms with Crippen LogP contribution in [-0.2, 0) is 20.8 Å². The molecule has 38 heavy (non-hydrogen) atoms. The summed E-state index contributed by atoms with van der Waals surface area (Å²) in [5.41, 5.74) is 3.07. The first-order chi connectivity index (χ1) is 17.4. The number of aliphatic carboxylic acids is 2. The second kappa shape index (κ2) is 14.9. The topological polar surface area (TPSA) is 101 Å². The van der Waals surface area contributed by atoms with E-state index in [4.69, 9.17) is 0 Å². The molecule has 178 valence electrons. The maximum Gasteiger partial charge on any atom is 1.00 e. The fourth-order valence-corrected chi connectivity index (χ4v) is 3.94. The number of fused-ring (bicyclic) bond motifs is 1. The second-order valence-electron chi connectivity index (χ2n) is 8.22. The molecular weight excluding hydrogens is 500 g/mol. The Kier molecular flexibility index (Phi) is 12.3. The van der Waals surface area contributed by atoms with Crippen LogP contribution in [0, 0.1) is 11.8 Å². The minimum atomic E-state index is -1.60. The first-order valence-electron chi connectivity index (χ1n) is 11.3. The number of carbonyl (C=O) groups is 3. The number of rotatable bonds is 7. The molecule has 0 fully saturated rings. The molecule has 0 radical (unpaired) electrons. The molecule has 0 saturated carbocycles. The molecule has 0 aromatic heterocycles. The predicted octanol–water partition coefficient (Wildman–Crippen LogP) is -4.19. The van der Waals surface area contributed by atoms with E-state index < -0.39 is 30.4 Å². The van der Waals surface area contributed by atoms with Crippen LogP contribution in [0.25, 0.3) is 21.9 Å². The van der Waals surface area contributed by atoms with E-state index in [9.17, 15) is 24.6 Å². The maximum atomic E-state index is 12.9. The van der Waals surface area contributed by atoms with Crippen molar-refractivity contribution in [2.45, 2.75) is 12.5 Å². The van der Waals surface area contributed by atoms with Gasteiger partial charge in [0.25, 0.3) is 5.91 Å². The molecule has 0 bridgehead atoms. The summed E-state index contributed by atoms with van der Waals surface area (Å²) in [5.74, 6) is 0.964. The minimum absolute atomic E-state index is 0. The first-order valence-corrected chi connectivity index (χ1v) is 11.3. The minimum Gasteiger partial charge on any atom is -0.548 e. The van der Waals surface area contributed by atoms with Crippen LogP contribution >= 0.6 is 0 Å².